The van der Waals surface area contributed by atoms with Crippen LogP contribution in [0.2, 0.25) is 0 Å². The maximum absolute atomic E-state index is 12.1. The Morgan fingerprint density at radius 3 is 2.67 bits per heavy atom. The second-order valence-electron chi connectivity index (χ2n) is 4.96. The molecule has 0 fully saturated rings. The fourth-order valence-corrected chi connectivity index (χ4v) is 2.43. The van der Waals surface area contributed by atoms with Crippen molar-refractivity contribution >= 4 is 32.8 Å². The summed E-state index contributed by atoms with van der Waals surface area (Å²) in [5.41, 5.74) is 2.96. The molecule has 2 aromatic carbocycles. The molecule has 106 valence electrons. The molecule has 0 aliphatic carbocycles. The lowest BCUT2D eigenvalue weighted by molar-refractivity contribution is 0.0925. The van der Waals surface area contributed by atoms with Crippen LogP contribution in [0.5, 0.6) is 0 Å². The summed E-state index contributed by atoms with van der Waals surface area (Å²) in [6, 6.07) is 15.5. The SMILES string of the molecule is Cc1ccc(CNC(=O)c2cc3ccc(Br)cc3o2)cc1. The normalized spacial score (nSPS) is 10.8. The number of nitrogens with one attached hydrogen (secondary N) is 1. The number of carbonyl (C=O) groups is 1. The summed E-state index contributed by atoms with van der Waals surface area (Å²) in [6.45, 7) is 2.52. The van der Waals surface area contributed by atoms with Crippen molar-refractivity contribution in [2.24, 2.45) is 0 Å². The predicted molar refractivity (Wildman–Crippen MR) is 86.3 cm³/mol. The Balaban J connectivity index is 1.73. The summed E-state index contributed by atoms with van der Waals surface area (Å²) in [5.74, 6) is 0.123. The Hall–Kier alpha value is -2.07. The third kappa shape index (κ3) is 3.16. The molecule has 0 saturated carbocycles. The van der Waals surface area contributed by atoms with Crippen LogP contribution in [0.3, 0.4) is 0 Å². The van der Waals surface area contributed by atoms with Crippen molar-refractivity contribution in [2.45, 2.75) is 13.5 Å². The van der Waals surface area contributed by atoms with Crippen LogP contribution in [0, 0.1) is 6.92 Å². The molecule has 1 N–H and O–H groups in total. The molecule has 0 atom stereocenters. The Morgan fingerprint density at radius 1 is 1.14 bits per heavy atom. The fraction of sp³-hybridized carbons (Fsp3) is 0.118. The summed E-state index contributed by atoms with van der Waals surface area (Å²) in [6.07, 6.45) is 0. The van der Waals surface area contributed by atoms with Crippen LogP contribution in [0.4, 0.5) is 0 Å². The lowest BCUT2D eigenvalue weighted by Gasteiger charge is -2.03. The molecule has 4 heteroatoms. The maximum atomic E-state index is 12.1. The van der Waals surface area contributed by atoms with Gasteiger partial charge in [0.2, 0.25) is 0 Å². The first-order valence-corrected chi connectivity index (χ1v) is 7.44. The molecule has 1 aromatic heterocycles. The quantitative estimate of drug-likeness (QED) is 0.764. The van der Waals surface area contributed by atoms with Crippen molar-refractivity contribution in [1.29, 1.82) is 0 Å². The highest BCUT2D eigenvalue weighted by Crippen LogP contribution is 2.23. The number of halogens is 1. The van der Waals surface area contributed by atoms with E-state index in [-0.39, 0.29) is 5.91 Å². The minimum atomic E-state index is -0.206. The molecule has 1 heterocycles. The molecule has 0 unspecified atom stereocenters. The molecule has 3 nitrogen and oxygen atoms in total. The van der Waals surface area contributed by atoms with E-state index in [4.69, 9.17) is 4.42 Å². The van der Waals surface area contributed by atoms with Crippen LogP contribution in [0.15, 0.2) is 57.4 Å². The number of amides is 1. The van der Waals surface area contributed by atoms with Gasteiger partial charge >= 0.3 is 0 Å². The van der Waals surface area contributed by atoms with Gasteiger partial charge in [-0.2, -0.15) is 0 Å². The minimum Gasteiger partial charge on any atom is -0.451 e. The lowest BCUT2D eigenvalue weighted by Crippen LogP contribution is -2.22. The van der Waals surface area contributed by atoms with Crippen molar-refractivity contribution < 1.29 is 9.21 Å². The molecule has 0 aliphatic heterocycles. The number of aryl methyl sites for hydroxylation is 1. The first kappa shape index (κ1) is 13.9. The molecule has 0 bridgehead atoms. The zero-order valence-corrected chi connectivity index (χ0v) is 13.1. The third-order valence-corrected chi connectivity index (χ3v) is 3.77. The second-order valence-corrected chi connectivity index (χ2v) is 5.88. The zero-order valence-electron chi connectivity index (χ0n) is 11.5. The Bertz CT molecular complexity index is 790. The van der Waals surface area contributed by atoms with Gasteiger partial charge in [-0.1, -0.05) is 45.8 Å². The standard InChI is InChI=1S/C17H14BrNO2/c1-11-2-4-12(5-3-11)10-19-17(20)16-8-13-6-7-14(18)9-15(13)21-16/h2-9H,10H2,1H3,(H,19,20). The number of hydrogen-bond acceptors (Lipinski definition) is 2. The zero-order chi connectivity index (χ0) is 14.8. The molecular weight excluding hydrogens is 330 g/mol. The van der Waals surface area contributed by atoms with E-state index < -0.39 is 0 Å². The van der Waals surface area contributed by atoms with Crippen molar-refractivity contribution in [1.82, 2.24) is 5.32 Å². The van der Waals surface area contributed by atoms with Gasteiger partial charge in [-0.3, -0.25) is 4.79 Å². The van der Waals surface area contributed by atoms with Gasteiger partial charge in [0.1, 0.15) is 5.58 Å². The maximum Gasteiger partial charge on any atom is 0.287 e. The first-order chi connectivity index (χ1) is 10.1. The van der Waals surface area contributed by atoms with E-state index in [0.717, 1.165) is 15.4 Å². The number of carbonyl (C=O) groups excluding carboxylic acids is 1. The van der Waals surface area contributed by atoms with Gasteiger partial charge in [0.25, 0.3) is 5.91 Å². The number of benzene rings is 2. The molecule has 0 spiro atoms. The predicted octanol–water partition coefficient (Wildman–Crippen LogP) is 4.43. The summed E-state index contributed by atoms with van der Waals surface area (Å²) < 4.78 is 6.50. The van der Waals surface area contributed by atoms with E-state index in [0.29, 0.717) is 17.9 Å². The summed E-state index contributed by atoms with van der Waals surface area (Å²) in [5, 5.41) is 3.78. The van der Waals surface area contributed by atoms with Gasteiger partial charge in [0.15, 0.2) is 5.76 Å². The highest BCUT2D eigenvalue weighted by Gasteiger charge is 2.12. The molecule has 3 aromatic rings. The first-order valence-electron chi connectivity index (χ1n) is 6.65. The Morgan fingerprint density at radius 2 is 1.90 bits per heavy atom. The van der Waals surface area contributed by atoms with Crippen LogP contribution >= 0.6 is 15.9 Å². The van der Waals surface area contributed by atoms with Crippen molar-refractivity contribution in [2.75, 3.05) is 0 Å². The van der Waals surface area contributed by atoms with E-state index in [2.05, 4.69) is 21.2 Å². The largest absolute Gasteiger partial charge is 0.451 e. The molecule has 3 rings (SSSR count). The lowest BCUT2D eigenvalue weighted by atomic mass is 10.1. The van der Waals surface area contributed by atoms with E-state index in [1.807, 2.05) is 49.4 Å². The third-order valence-electron chi connectivity index (χ3n) is 3.28. The van der Waals surface area contributed by atoms with Crippen LogP contribution in [-0.4, -0.2) is 5.91 Å². The summed E-state index contributed by atoms with van der Waals surface area (Å²) in [7, 11) is 0. The van der Waals surface area contributed by atoms with Gasteiger partial charge in [0.05, 0.1) is 0 Å². The molecule has 21 heavy (non-hydrogen) atoms. The molecule has 0 radical (unpaired) electrons. The average molecular weight is 344 g/mol. The molecule has 0 saturated heterocycles. The smallest absolute Gasteiger partial charge is 0.287 e. The second kappa shape index (κ2) is 5.74. The average Bonchev–Trinajstić information content (AvgIpc) is 2.89. The fourth-order valence-electron chi connectivity index (χ4n) is 2.09. The molecule has 0 aliphatic rings. The van der Waals surface area contributed by atoms with Gasteiger partial charge in [-0.05, 0) is 36.8 Å². The van der Waals surface area contributed by atoms with Crippen molar-refractivity contribution in [3.8, 4) is 0 Å². The highest BCUT2D eigenvalue weighted by atomic mass is 79.9. The molecule has 1 amide bonds. The van der Waals surface area contributed by atoms with Gasteiger partial charge in [0, 0.05) is 16.4 Å². The van der Waals surface area contributed by atoms with Gasteiger partial charge in [-0.15, -0.1) is 0 Å². The van der Waals surface area contributed by atoms with E-state index >= 15 is 0 Å². The highest BCUT2D eigenvalue weighted by molar-refractivity contribution is 9.10. The number of fused-ring (bicyclic) bond motifs is 1. The summed E-state index contributed by atoms with van der Waals surface area (Å²) >= 11 is 3.39. The van der Waals surface area contributed by atoms with Gasteiger partial charge in [-0.25, -0.2) is 0 Å². The van der Waals surface area contributed by atoms with Crippen LogP contribution in [-0.2, 0) is 6.54 Å². The minimum absolute atomic E-state index is 0.206. The van der Waals surface area contributed by atoms with Crippen LogP contribution in [0.25, 0.3) is 11.0 Å². The topological polar surface area (TPSA) is 42.2 Å². The van der Waals surface area contributed by atoms with E-state index in [1.165, 1.54) is 5.56 Å². The Labute approximate surface area is 131 Å². The Kier molecular flexibility index (Phi) is 3.80. The monoisotopic (exact) mass is 343 g/mol. The molecular formula is C17H14BrNO2. The number of furan rings is 1. The van der Waals surface area contributed by atoms with Crippen LogP contribution in [0.1, 0.15) is 21.7 Å². The number of hydrogen-bond donors (Lipinski definition) is 1. The van der Waals surface area contributed by atoms with Gasteiger partial charge < -0.3 is 9.73 Å². The van der Waals surface area contributed by atoms with Crippen molar-refractivity contribution in [3.05, 3.63) is 69.9 Å². The number of rotatable bonds is 3. The van der Waals surface area contributed by atoms with E-state index in [9.17, 15) is 4.79 Å². The van der Waals surface area contributed by atoms with Crippen molar-refractivity contribution in [3.63, 3.8) is 0 Å². The summed E-state index contributed by atoms with van der Waals surface area (Å²) in [4.78, 5) is 12.1. The van der Waals surface area contributed by atoms with Crippen LogP contribution < -0.4 is 5.32 Å². The van der Waals surface area contributed by atoms with E-state index in [1.54, 1.807) is 6.07 Å².